The number of hydrogen-bond acceptors (Lipinski definition) is 5. The molecule has 0 fully saturated rings. The van der Waals surface area contributed by atoms with E-state index in [1.165, 1.54) is 23.3 Å². The van der Waals surface area contributed by atoms with E-state index < -0.39 is 0 Å². The van der Waals surface area contributed by atoms with E-state index in [4.69, 9.17) is 21.3 Å². The third-order valence-electron chi connectivity index (χ3n) is 5.12. The van der Waals surface area contributed by atoms with E-state index in [1.807, 2.05) is 18.2 Å². The van der Waals surface area contributed by atoms with Gasteiger partial charge in [-0.05, 0) is 67.6 Å². The predicted molar refractivity (Wildman–Crippen MR) is 125 cm³/mol. The Kier molecular flexibility index (Phi) is 5.46. The molecular weight excluding hydrogens is 436 g/mol. The number of carbonyl (C=O) groups is 1. The van der Waals surface area contributed by atoms with E-state index >= 15 is 0 Å². The summed E-state index contributed by atoms with van der Waals surface area (Å²) in [5, 5.41) is 5.58. The first-order valence-electron chi connectivity index (χ1n) is 9.86. The minimum atomic E-state index is -0.175. The highest BCUT2D eigenvalue weighted by molar-refractivity contribution is 7.22. The fraction of sp³-hybridized carbons (Fsp3) is 0.217. The summed E-state index contributed by atoms with van der Waals surface area (Å²) < 4.78 is 6.77. The molecule has 7 heteroatoms. The normalized spacial score (nSPS) is 13.2. The number of carbonyl (C=O) groups excluding carboxylic acids is 1. The van der Waals surface area contributed by atoms with Gasteiger partial charge in [0.15, 0.2) is 6.61 Å². The smallest absolute Gasteiger partial charge is 0.262 e. The van der Waals surface area contributed by atoms with Gasteiger partial charge in [-0.15, -0.1) is 22.7 Å². The molecule has 0 saturated carbocycles. The van der Waals surface area contributed by atoms with Crippen LogP contribution in [0.5, 0.6) is 5.75 Å². The summed E-state index contributed by atoms with van der Waals surface area (Å²) in [6, 6.07) is 15.2. The van der Waals surface area contributed by atoms with Crippen LogP contribution in [0.4, 0.5) is 5.00 Å². The van der Waals surface area contributed by atoms with Crippen molar-refractivity contribution in [2.24, 2.45) is 0 Å². The van der Waals surface area contributed by atoms with Crippen molar-refractivity contribution in [1.29, 1.82) is 0 Å². The minimum absolute atomic E-state index is 0.0521. The van der Waals surface area contributed by atoms with Crippen LogP contribution in [0.2, 0.25) is 5.02 Å². The lowest BCUT2D eigenvalue weighted by Gasteiger charge is -2.12. The first-order chi connectivity index (χ1) is 14.7. The largest absolute Gasteiger partial charge is 0.484 e. The molecule has 0 atom stereocenters. The number of nitrogens with zero attached hydrogens (tertiary/aromatic N) is 1. The summed E-state index contributed by atoms with van der Waals surface area (Å²) in [4.78, 5) is 18.9. The molecule has 1 N–H and O–H groups in total. The number of aromatic nitrogens is 1. The molecule has 0 bridgehead atoms. The zero-order valence-electron chi connectivity index (χ0n) is 16.1. The topological polar surface area (TPSA) is 51.2 Å². The molecule has 1 amide bonds. The molecule has 2 heterocycles. The van der Waals surface area contributed by atoms with Crippen LogP contribution in [-0.2, 0) is 17.6 Å². The number of hydrogen-bond donors (Lipinski definition) is 1. The van der Waals surface area contributed by atoms with Crippen molar-refractivity contribution >= 4 is 55.4 Å². The summed E-state index contributed by atoms with van der Waals surface area (Å²) in [7, 11) is 0. The number of thiophene rings is 1. The average Bonchev–Trinajstić information content (AvgIpc) is 3.33. The van der Waals surface area contributed by atoms with Crippen LogP contribution in [0.25, 0.3) is 20.8 Å². The van der Waals surface area contributed by atoms with Gasteiger partial charge in [-0.25, -0.2) is 4.98 Å². The highest BCUT2D eigenvalue weighted by Crippen LogP contribution is 2.46. The Balaban J connectivity index is 1.42. The van der Waals surface area contributed by atoms with Crippen LogP contribution < -0.4 is 10.1 Å². The number of para-hydroxylation sites is 1. The molecule has 0 aliphatic heterocycles. The molecule has 1 aliphatic carbocycles. The van der Waals surface area contributed by atoms with Crippen molar-refractivity contribution < 1.29 is 9.53 Å². The van der Waals surface area contributed by atoms with Crippen LogP contribution in [0.3, 0.4) is 0 Å². The number of benzene rings is 2. The fourth-order valence-electron chi connectivity index (χ4n) is 3.70. The van der Waals surface area contributed by atoms with E-state index in [0.717, 1.165) is 38.6 Å². The summed E-state index contributed by atoms with van der Waals surface area (Å²) in [6.07, 6.45) is 4.47. The van der Waals surface area contributed by atoms with Crippen LogP contribution in [0.15, 0.2) is 48.5 Å². The molecule has 5 rings (SSSR count). The van der Waals surface area contributed by atoms with Crippen LogP contribution in [0.1, 0.15) is 23.3 Å². The van der Waals surface area contributed by atoms with Gasteiger partial charge >= 0.3 is 0 Å². The summed E-state index contributed by atoms with van der Waals surface area (Å²) in [5.74, 6) is 0.442. The quantitative estimate of drug-likeness (QED) is 0.370. The molecule has 4 nitrogen and oxygen atoms in total. The van der Waals surface area contributed by atoms with Crippen molar-refractivity contribution in [1.82, 2.24) is 4.98 Å². The average molecular weight is 455 g/mol. The van der Waals surface area contributed by atoms with Gasteiger partial charge in [-0.3, -0.25) is 4.79 Å². The summed E-state index contributed by atoms with van der Waals surface area (Å²) >= 11 is 9.26. The number of thiazole rings is 1. The van der Waals surface area contributed by atoms with Crippen molar-refractivity contribution in [3.05, 3.63) is 64.0 Å². The molecule has 2 aromatic heterocycles. The van der Waals surface area contributed by atoms with Crippen LogP contribution >= 0.6 is 34.3 Å². The maximum absolute atomic E-state index is 12.6. The fourth-order valence-corrected chi connectivity index (χ4v) is 6.24. The Hall–Kier alpha value is -2.41. The molecule has 4 aromatic rings. The Morgan fingerprint density at radius 3 is 2.70 bits per heavy atom. The third kappa shape index (κ3) is 3.95. The molecule has 0 unspecified atom stereocenters. The zero-order valence-corrected chi connectivity index (χ0v) is 18.5. The molecular formula is C23H19ClN2O2S2. The van der Waals surface area contributed by atoms with Gasteiger partial charge in [-0.2, -0.15) is 0 Å². The van der Waals surface area contributed by atoms with Gasteiger partial charge in [0.2, 0.25) is 0 Å². The van der Waals surface area contributed by atoms with E-state index in [9.17, 15) is 4.79 Å². The molecule has 0 spiro atoms. The number of amides is 1. The van der Waals surface area contributed by atoms with E-state index in [1.54, 1.807) is 46.9 Å². The van der Waals surface area contributed by atoms with Crippen molar-refractivity contribution in [3.63, 3.8) is 0 Å². The predicted octanol–water partition coefficient (Wildman–Crippen LogP) is 6.57. The molecule has 152 valence electrons. The maximum Gasteiger partial charge on any atom is 0.262 e. The van der Waals surface area contributed by atoms with Gasteiger partial charge in [0.25, 0.3) is 5.91 Å². The SMILES string of the molecule is O=C(COc1ccc(Cl)cc1)Nc1sc2c(c1-c1nc3ccccc3s1)CCCC2. The van der Waals surface area contributed by atoms with Crippen LogP contribution in [0, 0.1) is 0 Å². The number of nitrogens with one attached hydrogen (secondary N) is 1. The van der Waals surface area contributed by atoms with Gasteiger partial charge in [0, 0.05) is 15.5 Å². The number of anilines is 1. The number of aryl methyl sites for hydroxylation is 1. The number of ether oxygens (including phenoxy) is 1. The Morgan fingerprint density at radius 1 is 1.07 bits per heavy atom. The van der Waals surface area contributed by atoms with Gasteiger partial charge < -0.3 is 10.1 Å². The lowest BCUT2D eigenvalue weighted by atomic mass is 9.96. The van der Waals surface area contributed by atoms with E-state index in [2.05, 4.69) is 11.4 Å². The Bertz CT molecular complexity index is 1180. The van der Waals surface area contributed by atoms with Gasteiger partial charge in [0.1, 0.15) is 15.8 Å². The number of rotatable bonds is 5. The highest BCUT2D eigenvalue weighted by Gasteiger charge is 2.25. The zero-order chi connectivity index (χ0) is 20.5. The maximum atomic E-state index is 12.6. The highest BCUT2D eigenvalue weighted by atomic mass is 35.5. The Labute approximate surface area is 187 Å². The van der Waals surface area contributed by atoms with E-state index in [0.29, 0.717) is 10.8 Å². The standard InChI is InChI=1S/C23H19ClN2O2S2/c24-14-9-11-15(12-10-14)28-13-20(27)26-23-21(16-5-1-3-7-18(16)29-23)22-25-17-6-2-4-8-19(17)30-22/h2,4,6,8-12H,1,3,5,7,13H2,(H,26,27). The van der Waals surface area contributed by atoms with Gasteiger partial charge in [0.05, 0.1) is 10.2 Å². The van der Waals surface area contributed by atoms with Crippen molar-refractivity contribution in [2.75, 3.05) is 11.9 Å². The molecule has 30 heavy (non-hydrogen) atoms. The van der Waals surface area contributed by atoms with E-state index in [-0.39, 0.29) is 12.5 Å². The number of halogens is 1. The summed E-state index contributed by atoms with van der Waals surface area (Å²) in [5.41, 5.74) is 3.44. The van der Waals surface area contributed by atoms with Crippen molar-refractivity contribution in [2.45, 2.75) is 25.7 Å². The second kappa shape index (κ2) is 8.38. The van der Waals surface area contributed by atoms with Gasteiger partial charge in [-0.1, -0.05) is 23.7 Å². The summed E-state index contributed by atoms with van der Waals surface area (Å²) in [6.45, 7) is -0.0521. The third-order valence-corrected chi connectivity index (χ3v) is 7.63. The first kappa shape index (κ1) is 19.5. The molecule has 0 radical (unpaired) electrons. The minimum Gasteiger partial charge on any atom is -0.484 e. The molecule has 0 saturated heterocycles. The van der Waals surface area contributed by atoms with Crippen LogP contribution in [-0.4, -0.2) is 17.5 Å². The molecule has 1 aliphatic rings. The second-order valence-corrected chi connectivity index (χ2v) is 9.76. The lowest BCUT2D eigenvalue weighted by molar-refractivity contribution is -0.118. The number of fused-ring (bicyclic) bond motifs is 2. The second-order valence-electron chi connectivity index (χ2n) is 7.19. The van der Waals surface area contributed by atoms with Crippen molar-refractivity contribution in [3.8, 4) is 16.3 Å². The lowest BCUT2D eigenvalue weighted by Crippen LogP contribution is -2.20. The molecule has 2 aromatic carbocycles. The Morgan fingerprint density at radius 2 is 1.87 bits per heavy atom. The first-order valence-corrected chi connectivity index (χ1v) is 11.9. The monoisotopic (exact) mass is 454 g/mol.